The molecule has 124 valence electrons. The molecule has 0 unspecified atom stereocenters. The number of aromatic nitrogens is 1. The number of fused-ring (bicyclic) bond motifs is 3. The Kier molecular flexibility index (Phi) is 3.76. The summed E-state index contributed by atoms with van der Waals surface area (Å²) in [6.45, 7) is 0. The number of benzene rings is 3. The smallest absolute Gasteiger partial charge is 0.0705 e. The zero-order valence-corrected chi connectivity index (χ0v) is 15.0. The minimum Gasteiger partial charge on any atom is -0.256 e. The fourth-order valence-corrected chi connectivity index (χ4v) is 4.55. The first kappa shape index (κ1) is 15.3. The van der Waals surface area contributed by atoms with E-state index in [2.05, 4.69) is 89.9 Å². The van der Waals surface area contributed by atoms with Gasteiger partial charge in [0.2, 0.25) is 0 Å². The molecule has 1 nitrogen and oxygen atoms in total. The molecule has 0 saturated heterocycles. The molecule has 0 aliphatic carbocycles. The van der Waals surface area contributed by atoms with E-state index in [1.165, 1.54) is 36.9 Å². The van der Waals surface area contributed by atoms with E-state index in [0.29, 0.717) is 0 Å². The fourth-order valence-electron chi connectivity index (χ4n) is 3.46. The number of hydrogen-bond acceptors (Lipinski definition) is 2. The quantitative estimate of drug-likeness (QED) is 0.352. The maximum atomic E-state index is 4.63. The Morgan fingerprint density at radius 2 is 1.46 bits per heavy atom. The van der Waals surface area contributed by atoms with Gasteiger partial charge in [-0.05, 0) is 47.9 Å². The highest BCUT2D eigenvalue weighted by molar-refractivity contribution is 7.25. The van der Waals surface area contributed by atoms with Crippen molar-refractivity contribution in [3.05, 3.63) is 102 Å². The van der Waals surface area contributed by atoms with Crippen molar-refractivity contribution in [3.8, 4) is 11.3 Å². The van der Waals surface area contributed by atoms with Crippen LogP contribution in [0.2, 0.25) is 0 Å². The lowest BCUT2D eigenvalue weighted by Gasteiger charge is -2.06. The minimum absolute atomic E-state index is 0.931. The van der Waals surface area contributed by atoms with Gasteiger partial charge < -0.3 is 0 Å². The van der Waals surface area contributed by atoms with E-state index in [9.17, 15) is 0 Å². The molecule has 0 N–H and O–H groups in total. The van der Waals surface area contributed by atoms with Gasteiger partial charge in [0.15, 0.2) is 0 Å². The van der Waals surface area contributed by atoms with Gasteiger partial charge in [-0.15, -0.1) is 11.3 Å². The molecule has 0 spiro atoms. The van der Waals surface area contributed by atoms with E-state index >= 15 is 0 Å². The maximum Gasteiger partial charge on any atom is 0.0705 e. The third kappa shape index (κ3) is 2.79. The van der Waals surface area contributed by atoms with Crippen molar-refractivity contribution < 1.29 is 0 Å². The molecule has 0 saturated carbocycles. The molecule has 2 aromatic heterocycles. The molecule has 2 heteroatoms. The van der Waals surface area contributed by atoms with Crippen LogP contribution in [0.25, 0.3) is 31.4 Å². The summed E-state index contributed by atoms with van der Waals surface area (Å²) in [4.78, 5) is 4.63. The van der Waals surface area contributed by atoms with Crippen molar-refractivity contribution in [1.29, 1.82) is 0 Å². The standard InChI is InChI=1S/C24H17NS/c1-2-6-17(7-3-1)14-18-12-13-25-22(15-18)19-10-11-24-21(16-19)20-8-4-5-9-23(20)26-24/h1-13,15-16H,14H2. The zero-order chi connectivity index (χ0) is 17.3. The van der Waals surface area contributed by atoms with Crippen LogP contribution in [0.15, 0.2) is 91.1 Å². The molecule has 0 bridgehead atoms. The van der Waals surface area contributed by atoms with E-state index in [4.69, 9.17) is 0 Å². The van der Waals surface area contributed by atoms with E-state index in [-0.39, 0.29) is 0 Å². The Labute approximate surface area is 156 Å². The monoisotopic (exact) mass is 351 g/mol. The van der Waals surface area contributed by atoms with Crippen molar-refractivity contribution in [2.24, 2.45) is 0 Å². The van der Waals surface area contributed by atoms with Gasteiger partial charge in [-0.1, -0.05) is 54.6 Å². The van der Waals surface area contributed by atoms with Gasteiger partial charge in [0, 0.05) is 31.9 Å². The second kappa shape index (κ2) is 6.40. The van der Waals surface area contributed by atoms with Crippen molar-refractivity contribution in [3.63, 3.8) is 0 Å². The maximum absolute atomic E-state index is 4.63. The molecule has 3 aromatic carbocycles. The number of rotatable bonds is 3. The van der Waals surface area contributed by atoms with Crippen LogP contribution in [-0.4, -0.2) is 4.98 Å². The van der Waals surface area contributed by atoms with Crippen molar-refractivity contribution >= 4 is 31.5 Å². The lowest BCUT2D eigenvalue weighted by Crippen LogP contribution is -1.90. The SMILES string of the molecule is c1ccc(Cc2ccnc(-c3ccc4sc5ccccc5c4c3)c2)cc1. The Morgan fingerprint density at radius 3 is 2.38 bits per heavy atom. The predicted molar refractivity (Wildman–Crippen MR) is 112 cm³/mol. The van der Waals surface area contributed by atoms with Crippen LogP contribution < -0.4 is 0 Å². The van der Waals surface area contributed by atoms with Crippen LogP contribution in [0.3, 0.4) is 0 Å². The molecule has 5 aromatic rings. The van der Waals surface area contributed by atoms with Crippen molar-refractivity contribution in [2.75, 3.05) is 0 Å². The van der Waals surface area contributed by atoms with Gasteiger partial charge in [-0.25, -0.2) is 0 Å². The summed E-state index contributed by atoms with van der Waals surface area (Å²) in [7, 11) is 0. The topological polar surface area (TPSA) is 12.9 Å². The minimum atomic E-state index is 0.931. The molecule has 0 fully saturated rings. The van der Waals surface area contributed by atoms with E-state index in [1.54, 1.807) is 0 Å². The predicted octanol–water partition coefficient (Wildman–Crippen LogP) is 6.71. The van der Waals surface area contributed by atoms with Gasteiger partial charge in [0.1, 0.15) is 0 Å². The first-order chi connectivity index (χ1) is 12.9. The average Bonchev–Trinajstić information content (AvgIpc) is 3.07. The van der Waals surface area contributed by atoms with Crippen LogP contribution in [0.1, 0.15) is 11.1 Å². The summed E-state index contributed by atoms with van der Waals surface area (Å²) < 4.78 is 2.67. The average molecular weight is 351 g/mol. The molecule has 0 aliphatic heterocycles. The van der Waals surface area contributed by atoms with Crippen molar-refractivity contribution in [1.82, 2.24) is 4.98 Å². The Hall–Kier alpha value is -2.97. The third-order valence-corrected chi connectivity index (χ3v) is 5.90. The summed E-state index contributed by atoms with van der Waals surface area (Å²) in [5, 5.41) is 2.65. The highest BCUT2D eigenvalue weighted by atomic mass is 32.1. The van der Waals surface area contributed by atoms with Gasteiger partial charge >= 0.3 is 0 Å². The molecule has 0 atom stereocenters. The number of pyridine rings is 1. The van der Waals surface area contributed by atoms with Crippen LogP contribution >= 0.6 is 11.3 Å². The molecule has 2 heterocycles. The van der Waals surface area contributed by atoms with E-state index in [1.807, 2.05) is 17.5 Å². The molecule has 0 radical (unpaired) electrons. The first-order valence-electron chi connectivity index (χ1n) is 8.77. The van der Waals surface area contributed by atoms with Crippen LogP contribution in [-0.2, 0) is 6.42 Å². The largest absolute Gasteiger partial charge is 0.256 e. The highest BCUT2D eigenvalue weighted by Gasteiger charge is 2.08. The Bertz CT molecular complexity index is 1200. The zero-order valence-electron chi connectivity index (χ0n) is 14.2. The highest BCUT2D eigenvalue weighted by Crippen LogP contribution is 2.35. The summed E-state index contributed by atoms with van der Waals surface area (Å²) >= 11 is 1.85. The Balaban J connectivity index is 1.57. The van der Waals surface area contributed by atoms with E-state index in [0.717, 1.165) is 12.1 Å². The van der Waals surface area contributed by atoms with Crippen LogP contribution in [0, 0.1) is 0 Å². The normalized spacial score (nSPS) is 11.2. The first-order valence-corrected chi connectivity index (χ1v) is 9.59. The number of nitrogens with zero attached hydrogens (tertiary/aromatic N) is 1. The molecule has 0 amide bonds. The summed E-state index contributed by atoms with van der Waals surface area (Å²) in [5.74, 6) is 0. The third-order valence-electron chi connectivity index (χ3n) is 4.75. The molecule has 26 heavy (non-hydrogen) atoms. The fraction of sp³-hybridized carbons (Fsp3) is 0.0417. The molecular weight excluding hydrogens is 334 g/mol. The van der Waals surface area contributed by atoms with E-state index < -0.39 is 0 Å². The lowest BCUT2D eigenvalue weighted by molar-refractivity contribution is 1.16. The molecule has 0 aliphatic rings. The van der Waals surface area contributed by atoms with Gasteiger partial charge in [0.05, 0.1) is 5.69 Å². The molecule has 5 rings (SSSR count). The van der Waals surface area contributed by atoms with Crippen molar-refractivity contribution in [2.45, 2.75) is 6.42 Å². The van der Waals surface area contributed by atoms with Gasteiger partial charge in [-0.2, -0.15) is 0 Å². The number of hydrogen-bond donors (Lipinski definition) is 0. The van der Waals surface area contributed by atoms with Crippen LogP contribution in [0.4, 0.5) is 0 Å². The van der Waals surface area contributed by atoms with Crippen LogP contribution in [0.5, 0.6) is 0 Å². The second-order valence-electron chi connectivity index (χ2n) is 6.52. The second-order valence-corrected chi connectivity index (χ2v) is 7.60. The number of thiophene rings is 1. The Morgan fingerprint density at radius 1 is 0.654 bits per heavy atom. The summed E-state index contributed by atoms with van der Waals surface area (Å²) in [6, 6.07) is 30.2. The van der Waals surface area contributed by atoms with Gasteiger partial charge in [0.25, 0.3) is 0 Å². The summed E-state index contributed by atoms with van der Waals surface area (Å²) in [6.07, 6.45) is 2.85. The van der Waals surface area contributed by atoms with Gasteiger partial charge in [-0.3, -0.25) is 4.98 Å². The molecular formula is C24H17NS. The lowest BCUT2D eigenvalue weighted by atomic mass is 10.0. The summed E-state index contributed by atoms with van der Waals surface area (Å²) in [5.41, 5.74) is 4.83.